The number of aliphatic carboxylic acids is 1. The minimum absolute atomic E-state index is 0.00680. The first-order valence-electron chi connectivity index (χ1n) is 12.2. The maximum absolute atomic E-state index is 14.0. The van der Waals surface area contributed by atoms with E-state index in [1.807, 2.05) is 0 Å². The number of hydrogen-bond donors (Lipinski definition) is 1. The number of halogens is 1. The molecular weight excluding hydrogens is 516 g/mol. The van der Waals surface area contributed by atoms with Crippen LogP contribution in [0.3, 0.4) is 0 Å². The van der Waals surface area contributed by atoms with Gasteiger partial charge >= 0.3 is 12.0 Å². The predicted molar refractivity (Wildman–Crippen MR) is 141 cm³/mol. The summed E-state index contributed by atoms with van der Waals surface area (Å²) in [4.78, 5) is 31.9. The van der Waals surface area contributed by atoms with Gasteiger partial charge in [0.2, 0.25) is 10.0 Å². The van der Waals surface area contributed by atoms with Crippen LogP contribution in [-0.4, -0.2) is 78.5 Å². The Balaban J connectivity index is 1.44. The van der Waals surface area contributed by atoms with E-state index in [0.717, 1.165) is 30.3 Å². The standard InChI is InChI=1S/C26H27ClN4O5S/c27-21-6-4-20-17-23(7-5-19(20)16-21)37(35,36)29-12-13-30(24(18-29)25(32)33)26(34)31(14-2-1-3-15-31)22-8-10-28-11-9-22/h4-11,16-17,24H,1-3,12-15,18H2/p+1. The number of hydrogen-bond acceptors (Lipinski definition) is 5. The lowest BCUT2D eigenvalue weighted by atomic mass is 10.1. The Morgan fingerprint density at radius 3 is 2.32 bits per heavy atom. The van der Waals surface area contributed by atoms with Crippen LogP contribution in [0, 0.1) is 0 Å². The van der Waals surface area contributed by atoms with Gasteiger partial charge in [-0.3, -0.25) is 9.88 Å². The average molecular weight is 544 g/mol. The van der Waals surface area contributed by atoms with Crippen molar-refractivity contribution in [3.05, 3.63) is 65.9 Å². The molecule has 0 spiro atoms. The number of rotatable bonds is 4. The molecule has 194 valence electrons. The second-order valence-corrected chi connectivity index (χ2v) is 11.9. The van der Waals surface area contributed by atoms with Gasteiger partial charge in [0.05, 0.1) is 18.0 Å². The molecule has 2 aromatic carbocycles. The Morgan fingerprint density at radius 1 is 0.946 bits per heavy atom. The minimum atomic E-state index is -3.99. The Morgan fingerprint density at radius 2 is 1.62 bits per heavy atom. The number of carboxylic acids is 1. The van der Waals surface area contributed by atoms with Crippen molar-refractivity contribution < 1.29 is 23.1 Å². The molecule has 1 atom stereocenters. The van der Waals surface area contributed by atoms with Gasteiger partial charge in [-0.25, -0.2) is 22.5 Å². The maximum Gasteiger partial charge on any atom is 0.425 e. The number of sulfonamides is 1. The number of carboxylic acid groups (broad SMARTS) is 1. The number of aromatic nitrogens is 1. The minimum Gasteiger partial charge on any atom is -0.480 e. The molecule has 0 aliphatic carbocycles. The lowest BCUT2D eigenvalue weighted by Gasteiger charge is -2.45. The Hall–Kier alpha value is -3.05. The van der Waals surface area contributed by atoms with Crippen LogP contribution >= 0.6 is 11.6 Å². The van der Waals surface area contributed by atoms with Crippen molar-refractivity contribution in [2.75, 3.05) is 32.7 Å². The second-order valence-electron chi connectivity index (χ2n) is 9.53. The van der Waals surface area contributed by atoms with E-state index < -0.39 is 22.0 Å². The topological polar surface area (TPSA) is 108 Å². The van der Waals surface area contributed by atoms with Crippen molar-refractivity contribution in [3.63, 3.8) is 0 Å². The molecule has 0 saturated carbocycles. The SMILES string of the molecule is O=C(O)C1CN(S(=O)(=O)c2ccc3cc(Cl)ccc3c2)CCN1C(=O)[N+]1(c2ccncc2)CCCCC1. The summed E-state index contributed by atoms with van der Waals surface area (Å²) in [6.07, 6.45) is 5.95. The Kier molecular flexibility index (Phi) is 6.93. The highest BCUT2D eigenvalue weighted by atomic mass is 35.5. The first-order valence-corrected chi connectivity index (χ1v) is 14.1. The first kappa shape index (κ1) is 25.6. The van der Waals surface area contributed by atoms with E-state index in [0.29, 0.717) is 23.5 Å². The lowest BCUT2D eigenvalue weighted by Crippen LogP contribution is -2.68. The zero-order chi connectivity index (χ0) is 26.2. The number of fused-ring (bicyclic) bond motifs is 1. The van der Waals surface area contributed by atoms with Gasteiger partial charge in [-0.05, 0) is 54.3 Å². The van der Waals surface area contributed by atoms with Crippen molar-refractivity contribution in [2.45, 2.75) is 30.2 Å². The number of pyridine rings is 1. The van der Waals surface area contributed by atoms with Crippen molar-refractivity contribution in [2.24, 2.45) is 0 Å². The van der Waals surface area contributed by atoms with Crippen LogP contribution in [0.2, 0.25) is 5.02 Å². The third-order valence-corrected chi connectivity index (χ3v) is 9.48. The van der Waals surface area contributed by atoms with Crippen molar-refractivity contribution in [1.82, 2.24) is 18.7 Å². The van der Waals surface area contributed by atoms with E-state index >= 15 is 0 Å². The van der Waals surface area contributed by atoms with E-state index in [9.17, 15) is 23.1 Å². The molecule has 5 rings (SSSR count). The number of piperidine rings is 1. The third-order valence-electron chi connectivity index (χ3n) is 7.39. The molecular formula is C26H28ClN4O5S+. The summed E-state index contributed by atoms with van der Waals surface area (Å²) in [5.41, 5.74) is 0.773. The molecule has 1 N–H and O–H groups in total. The fraction of sp³-hybridized carbons (Fsp3) is 0.346. The van der Waals surface area contributed by atoms with Crippen LogP contribution < -0.4 is 4.48 Å². The zero-order valence-electron chi connectivity index (χ0n) is 20.2. The van der Waals surface area contributed by atoms with Crippen molar-refractivity contribution in [3.8, 4) is 0 Å². The summed E-state index contributed by atoms with van der Waals surface area (Å²) in [6.45, 7) is 0.804. The van der Waals surface area contributed by atoms with E-state index in [-0.39, 0.29) is 35.0 Å². The van der Waals surface area contributed by atoms with E-state index in [1.54, 1.807) is 54.9 Å². The van der Waals surface area contributed by atoms with Gasteiger partial charge in [-0.1, -0.05) is 23.7 Å². The largest absolute Gasteiger partial charge is 0.480 e. The molecule has 2 amide bonds. The highest BCUT2D eigenvalue weighted by molar-refractivity contribution is 7.89. The highest BCUT2D eigenvalue weighted by Gasteiger charge is 2.49. The van der Waals surface area contributed by atoms with Gasteiger partial charge in [0.25, 0.3) is 0 Å². The molecule has 3 aromatic rings. The number of carbonyl (C=O) groups is 2. The summed E-state index contributed by atoms with van der Waals surface area (Å²) in [5, 5.41) is 12.2. The Labute approximate surface area is 220 Å². The van der Waals surface area contributed by atoms with Gasteiger partial charge in [-0.2, -0.15) is 4.31 Å². The second kappa shape index (κ2) is 10.0. The number of carbonyl (C=O) groups excluding carboxylic acids is 1. The van der Waals surface area contributed by atoms with Gasteiger partial charge in [0.15, 0.2) is 0 Å². The van der Waals surface area contributed by atoms with Gasteiger partial charge in [0, 0.05) is 49.2 Å². The molecule has 3 heterocycles. The summed E-state index contributed by atoms with van der Waals surface area (Å²) in [7, 11) is -3.99. The molecule has 2 fully saturated rings. The van der Waals surface area contributed by atoms with Gasteiger partial charge in [-0.15, -0.1) is 0 Å². The molecule has 2 aliphatic rings. The van der Waals surface area contributed by atoms with Gasteiger partial charge in [0.1, 0.15) is 11.7 Å². The van der Waals surface area contributed by atoms with Gasteiger partial charge < -0.3 is 5.11 Å². The third kappa shape index (κ3) is 4.70. The number of nitrogens with zero attached hydrogens (tertiary/aromatic N) is 4. The lowest BCUT2D eigenvalue weighted by molar-refractivity contribution is -0.143. The molecule has 0 bridgehead atoms. The number of quaternary nitrogens is 1. The number of piperazine rings is 1. The van der Waals surface area contributed by atoms with E-state index in [1.165, 1.54) is 15.3 Å². The van der Waals surface area contributed by atoms with Crippen LogP contribution in [0.4, 0.5) is 10.5 Å². The van der Waals surface area contributed by atoms with Crippen molar-refractivity contribution >= 4 is 50.1 Å². The zero-order valence-corrected chi connectivity index (χ0v) is 21.7. The molecule has 11 heteroatoms. The molecule has 1 unspecified atom stereocenters. The molecule has 1 aromatic heterocycles. The highest BCUT2D eigenvalue weighted by Crippen LogP contribution is 2.32. The smallest absolute Gasteiger partial charge is 0.425 e. The van der Waals surface area contributed by atoms with Crippen LogP contribution in [0.5, 0.6) is 0 Å². The quantitative estimate of drug-likeness (QED) is 0.499. The molecule has 0 radical (unpaired) electrons. The maximum atomic E-state index is 14.0. The molecule has 2 aliphatic heterocycles. The normalized spacial score (nSPS) is 20.6. The predicted octanol–water partition coefficient (Wildman–Crippen LogP) is 3.96. The average Bonchev–Trinajstić information content (AvgIpc) is 2.92. The van der Waals surface area contributed by atoms with E-state index in [4.69, 9.17) is 11.6 Å². The Bertz CT molecular complexity index is 1440. The number of benzene rings is 2. The summed E-state index contributed by atoms with van der Waals surface area (Å²) >= 11 is 6.04. The first-order chi connectivity index (χ1) is 17.7. The number of likely N-dealkylation sites (tertiary alicyclic amines) is 1. The monoisotopic (exact) mass is 543 g/mol. The van der Waals surface area contributed by atoms with Crippen LogP contribution in [0.15, 0.2) is 65.8 Å². The fourth-order valence-corrected chi connectivity index (χ4v) is 7.06. The van der Waals surface area contributed by atoms with E-state index in [2.05, 4.69) is 4.98 Å². The number of amides is 2. The van der Waals surface area contributed by atoms with Crippen molar-refractivity contribution in [1.29, 1.82) is 0 Å². The molecule has 9 nitrogen and oxygen atoms in total. The molecule has 2 saturated heterocycles. The summed E-state index contributed by atoms with van der Waals surface area (Å²) in [6, 6.07) is 11.9. The summed E-state index contributed by atoms with van der Waals surface area (Å²) in [5.74, 6) is -1.23. The van der Waals surface area contributed by atoms with Crippen LogP contribution in [-0.2, 0) is 14.8 Å². The molecule has 37 heavy (non-hydrogen) atoms. The summed E-state index contributed by atoms with van der Waals surface area (Å²) < 4.78 is 28.2. The number of urea groups is 1. The fourth-order valence-electron chi connectivity index (χ4n) is 5.41. The van der Waals surface area contributed by atoms with Crippen LogP contribution in [0.25, 0.3) is 10.8 Å². The van der Waals surface area contributed by atoms with Crippen LogP contribution in [0.1, 0.15) is 19.3 Å².